The molecule has 2 aromatic rings. The first-order valence-electron chi connectivity index (χ1n) is 5.73. The van der Waals surface area contributed by atoms with E-state index in [4.69, 9.17) is 0 Å². The van der Waals surface area contributed by atoms with Crippen LogP contribution in [0.1, 0.15) is 18.4 Å². The van der Waals surface area contributed by atoms with Gasteiger partial charge in [-0.3, -0.25) is 0 Å². The monoisotopic (exact) mass is 224 g/mol. The quantitative estimate of drug-likeness (QED) is 0.768. The molecule has 0 aliphatic heterocycles. The van der Waals surface area contributed by atoms with Gasteiger partial charge >= 0.3 is 0 Å². The van der Waals surface area contributed by atoms with Crippen LogP contribution in [0.2, 0.25) is 0 Å². The Morgan fingerprint density at radius 2 is 1.76 bits per heavy atom. The minimum Gasteiger partial charge on any atom is -0.508 e. The molecular formula is C16H16O. The Bertz CT molecular complexity index is 514. The molecule has 0 spiro atoms. The van der Waals surface area contributed by atoms with E-state index in [1.165, 1.54) is 0 Å². The molecule has 1 nitrogen and oxygen atoms in total. The maximum Gasteiger partial charge on any atom is 0.119 e. The van der Waals surface area contributed by atoms with Crippen molar-refractivity contribution >= 4 is 0 Å². The van der Waals surface area contributed by atoms with Crippen molar-refractivity contribution in [3.63, 3.8) is 0 Å². The molecule has 0 radical (unpaired) electrons. The number of benzene rings is 2. The molecule has 0 heterocycles. The summed E-state index contributed by atoms with van der Waals surface area (Å²) in [4.78, 5) is 0. The molecule has 0 aliphatic rings. The van der Waals surface area contributed by atoms with Crippen LogP contribution in [0.15, 0.2) is 61.2 Å². The molecule has 1 heteroatoms. The fourth-order valence-corrected chi connectivity index (χ4v) is 1.86. The Hall–Kier alpha value is -2.02. The van der Waals surface area contributed by atoms with E-state index in [1.807, 2.05) is 43.3 Å². The molecule has 0 bridgehead atoms. The zero-order chi connectivity index (χ0) is 12.3. The molecule has 86 valence electrons. The molecule has 0 saturated carbocycles. The first kappa shape index (κ1) is 11.5. The van der Waals surface area contributed by atoms with Crippen LogP contribution >= 0.6 is 0 Å². The smallest absolute Gasteiger partial charge is 0.119 e. The summed E-state index contributed by atoms with van der Waals surface area (Å²) in [5.41, 5.74) is 3.19. The molecule has 1 atom stereocenters. The molecule has 1 unspecified atom stereocenters. The Morgan fingerprint density at radius 1 is 1.06 bits per heavy atom. The van der Waals surface area contributed by atoms with Crippen LogP contribution in [0.25, 0.3) is 11.1 Å². The van der Waals surface area contributed by atoms with Crippen LogP contribution in [-0.4, -0.2) is 5.11 Å². The van der Waals surface area contributed by atoms with E-state index in [9.17, 15) is 5.11 Å². The average molecular weight is 224 g/mol. The molecule has 0 aromatic heterocycles. The van der Waals surface area contributed by atoms with E-state index in [0.717, 1.165) is 16.7 Å². The maximum atomic E-state index is 9.84. The second-order valence-electron chi connectivity index (χ2n) is 4.16. The van der Waals surface area contributed by atoms with E-state index in [1.54, 1.807) is 6.07 Å². The standard InChI is InChI=1S/C16H16O/c1-3-12(2)15-11-14(9-10-16(15)17)13-7-5-4-6-8-13/h3-12,17H,1H2,2H3. The van der Waals surface area contributed by atoms with Crippen molar-refractivity contribution in [2.45, 2.75) is 12.8 Å². The van der Waals surface area contributed by atoms with Gasteiger partial charge in [0.2, 0.25) is 0 Å². The number of phenols is 1. The van der Waals surface area contributed by atoms with Gasteiger partial charge in [-0.05, 0) is 23.3 Å². The summed E-state index contributed by atoms with van der Waals surface area (Å²) in [6, 6.07) is 15.9. The third-order valence-corrected chi connectivity index (χ3v) is 2.98. The Morgan fingerprint density at radius 3 is 2.41 bits per heavy atom. The van der Waals surface area contributed by atoms with E-state index >= 15 is 0 Å². The molecule has 0 saturated heterocycles. The first-order chi connectivity index (χ1) is 8.22. The van der Waals surface area contributed by atoms with Crippen LogP contribution in [0.5, 0.6) is 5.75 Å². The lowest BCUT2D eigenvalue weighted by Gasteiger charge is -2.11. The molecule has 2 rings (SSSR count). The molecule has 2 aromatic carbocycles. The minimum absolute atomic E-state index is 0.152. The summed E-state index contributed by atoms with van der Waals surface area (Å²) in [7, 11) is 0. The Labute approximate surface area is 102 Å². The van der Waals surface area contributed by atoms with Crippen molar-refractivity contribution in [1.82, 2.24) is 0 Å². The summed E-state index contributed by atoms with van der Waals surface area (Å²) < 4.78 is 0. The van der Waals surface area contributed by atoms with Gasteiger partial charge in [0.15, 0.2) is 0 Å². The molecule has 1 N–H and O–H groups in total. The van der Waals surface area contributed by atoms with Crippen LogP contribution in [0.3, 0.4) is 0 Å². The number of aromatic hydroxyl groups is 1. The van der Waals surface area contributed by atoms with Gasteiger partial charge in [-0.25, -0.2) is 0 Å². The lowest BCUT2D eigenvalue weighted by molar-refractivity contribution is 0.467. The highest BCUT2D eigenvalue weighted by atomic mass is 16.3. The van der Waals surface area contributed by atoms with Crippen LogP contribution in [-0.2, 0) is 0 Å². The Kier molecular flexibility index (Phi) is 3.29. The number of phenolic OH excluding ortho intramolecular Hbond substituents is 1. The van der Waals surface area contributed by atoms with E-state index < -0.39 is 0 Å². The molecule has 17 heavy (non-hydrogen) atoms. The van der Waals surface area contributed by atoms with Gasteiger partial charge in [-0.15, -0.1) is 6.58 Å². The SMILES string of the molecule is C=CC(C)c1cc(-c2ccccc2)ccc1O. The van der Waals surface area contributed by atoms with E-state index in [-0.39, 0.29) is 5.92 Å². The predicted molar refractivity (Wildman–Crippen MR) is 72.2 cm³/mol. The van der Waals surface area contributed by atoms with Crippen molar-refractivity contribution in [3.8, 4) is 16.9 Å². The molecule has 0 amide bonds. The number of hydrogen-bond acceptors (Lipinski definition) is 1. The van der Waals surface area contributed by atoms with Gasteiger partial charge in [0.25, 0.3) is 0 Å². The van der Waals surface area contributed by atoms with Crippen LogP contribution in [0, 0.1) is 0 Å². The van der Waals surface area contributed by atoms with Gasteiger partial charge < -0.3 is 5.11 Å². The number of hydrogen-bond donors (Lipinski definition) is 1. The molecule has 0 fully saturated rings. The Balaban J connectivity index is 2.48. The second-order valence-corrected chi connectivity index (χ2v) is 4.16. The third kappa shape index (κ3) is 2.39. The van der Waals surface area contributed by atoms with Gasteiger partial charge in [-0.2, -0.15) is 0 Å². The zero-order valence-electron chi connectivity index (χ0n) is 9.93. The van der Waals surface area contributed by atoms with Crippen molar-refractivity contribution < 1.29 is 5.11 Å². The second kappa shape index (κ2) is 4.88. The van der Waals surface area contributed by atoms with Gasteiger partial charge in [-0.1, -0.05) is 49.4 Å². The summed E-state index contributed by atoms with van der Waals surface area (Å²) in [5.74, 6) is 0.482. The van der Waals surface area contributed by atoms with E-state index in [2.05, 4.69) is 18.7 Å². The van der Waals surface area contributed by atoms with E-state index in [0.29, 0.717) is 5.75 Å². The fraction of sp³-hybridized carbons (Fsp3) is 0.125. The first-order valence-corrected chi connectivity index (χ1v) is 5.73. The zero-order valence-corrected chi connectivity index (χ0v) is 9.93. The van der Waals surface area contributed by atoms with Crippen LogP contribution < -0.4 is 0 Å². The summed E-state index contributed by atoms with van der Waals surface area (Å²) in [6.45, 7) is 5.79. The molecule has 0 aliphatic carbocycles. The summed E-state index contributed by atoms with van der Waals surface area (Å²) in [6.07, 6.45) is 1.84. The lowest BCUT2D eigenvalue weighted by Crippen LogP contribution is -1.90. The number of allylic oxidation sites excluding steroid dienone is 1. The van der Waals surface area contributed by atoms with Crippen molar-refractivity contribution in [1.29, 1.82) is 0 Å². The average Bonchev–Trinajstić information content (AvgIpc) is 2.39. The lowest BCUT2D eigenvalue weighted by atomic mass is 9.95. The van der Waals surface area contributed by atoms with Gasteiger partial charge in [0, 0.05) is 11.5 Å². The third-order valence-electron chi connectivity index (χ3n) is 2.98. The minimum atomic E-state index is 0.152. The largest absolute Gasteiger partial charge is 0.508 e. The van der Waals surface area contributed by atoms with Crippen molar-refractivity contribution in [2.24, 2.45) is 0 Å². The van der Waals surface area contributed by atoms with Crippen LogP contribution in [0.4, 0.5) is 0 Å². The fourth-order valence-electron chi connectivity index (χ4n) is 1.86. The molecular weight excluding hydrogens is 208 g/mol. The highest BCUT2D eigenvalue weighted by molar-refractivity contribution is 5.66. The predicted octanol–water partition coefficient (Wildman–Crippen LogP) is 4.35. The normalized spacial score (nSPS) is 12.1. The highest BCUT2D eigenvalue weighted by Crippen LogP contribution is 2.31. The summed E-state index contributed by atoms with van der Waals surface area (Å²) >= 11 is 0. The maximum absolute atomic E-state index is 9.84. The van der Waals surface area contributed by atoms with Crippen molar-refractivity contribution in [3.05, 3.63) is 66.7 Å². The highest BCUT2D eigenvalue weighted by Gasteiger charge is 2.08. The van der Waals surface area contributed by atoms with Gasteiger partial charge in [0.1, 0.15) is 5.75 Å². The van der Waals surface area contributed by atoms with Crippen molar-refractivity contribution in [2.75, 3.05) is 0 Å². The summed E-state index contributed by atoms with van der Waals surface area (Å²) in [5, 5.41) is 9.84. The van der Waals surface area contributed by atoms with Gasteiger partial charge in [0.05, 0.1) is 0 Å². The number of rotatable bonds is 3. The topological polar surface area (TPSA) is 20.2 Å².